The molecule has 0 aliphatic rings. The summed E-state index contributed by atoms with van der Waals surface area (Å²) in [6, 6.07) is 0. The summed E-state index contributed by atoms with van der Waals surface area (Å²) in [6.45, 7) is 6.33. The van der Waals surface area contributed by atoms with E-state index in [2.05, 4.69) is 136 Å². The summed E-state index contributed by atoms with van der Waals surface area (Å²) in [5, 5.41) is 0. The molecule has 0 amide bonds. The van der Waals surface area contributed by atoms with Gasteiger partial charge in [-0.3, -0.25) is 14.4 Å². The van der Waals surface area contributed by atoms with E-state index in [1.54, 1.807) is 0 Å². The third-order valence-corrected chi connectivity index (χ3v) is 11.9. The van der Waals surface area contributed by atoms with Gasteiger partial charge in [0.05, 0.1) is 0 Å². The quantitative estimate of drug-likeness (QED) is 0.0261. The second-order valence-corrected chi connectivity index (χ2v) is 18.8. The molecule has 0 aromatic rings. The van der Waals surface area contributed by atoms with Gasteiger partial charge in [0.25, 0.3) is 0 Å². The molecule has 0 rings (SSSR count). The summed E-state index contributed by atoms with van der Waals surface area (Å²) in [6.07, 6.45) is 80.6. The van der Waals surface area contributed by atoms with Gasteiger partial charge in [0.15, 0.2) is 6.10 Å². The number of hydrogen-bond donors (Lipinski definition) is 0. The fourth-order valence-electron chi connectivity index (χ4n) is 7.65. The number of hydrogen-bond acceptors (Lipinski definition) is 6. The van der Waals surface area contributed by atoms with E-state index in [-0.39, 0.29) is 37.5 Å². The molecule has 6 nitrogen and oxygen atoms in total. The summed E-state index contributed by atoms with van der Waals surface area (Å²) in [7, 11) is 0. The van der Waals surface area contributed by atoms with Crippen LogP contribution in [0.1, 0.15) is 252 Å². The average molecular weight is 984 g/mol. The van der Waals surface area contributed by atoms with Crippen LogP contribution in [0.5, 0.6) is 0 Å². The van der Waals surface area contributed by atoms with Crippen molar-refractivity contribution < 1.29 is 28.6 Å². The molecule has 0 saturated carbocycles. The van der Waals surface area contributed by atoms with E-state index >= 15 is 0 Å². The standard InChI is InChI=1S/C65H106O6/c1-4-7-10-13-16-19-22-25-28-31-33-35-37-40-43-46-49-52-55-58-64(67)70-61-62(60-69-63(66)57-54-51-48-45-42-39-36-30-27-24-21-18-15-12-9-6-3)71-65(68)59-56-53-50-47-44-41-38-34-32-29-26-23-20-17-14-11-8-5-2/h7,9-10,12,16,18-19,21,25,27-28,30,33-35,38-39,42,48,51,62H,4-6,8,11,13-15,17,20,22-24,26,29,31-32,36-37,40-41,43-47,49-50,52-61H2,1-3H3/b10-7-,12-9-,19-16-,21-18-,28-25-,30-27-,35-33-,38-34-,42-39-,51-48-. The van der Waals surface area contributed by atoms with Gasteiger partial charge in [-0.1, -0.05) is 239 Å². The molecule has 0 radical (unpaired) electrons. The highest BCUT2D eigenvalue weighted by molar-refractivity contribution is 5.71. The highest BCUT2D eigenvalue weighted by atomic mass is 16.6. The lowest BCUT2D eigenvalue weighted by atomic mass is 10.1. The van der Waals surface area contributed by atoms with Crippen LogP contribution in [0.4, 0.5) is 0 Å². The predicted octanol–water partition coefficient (Wildman–Crippen LogP) is 19.6. The van der Waals surface area contributed by atoms with Crippen molar-refractivity contribution in [1.82, 2.24) is 0 Å². The zero-order chi connectivity index (χ0) is 51.4. The van der Waals surface area contributed by atoms with Crippen molar-refractivity contribution in [3.63, 3.8) is 0 Å². The molecule has 1 atom stereocenters. The molecule has 0 aliphatic heterocycles. The van der Waals surface area contributed by atoms with E-state index < -0.39 is 6.10 Å². The van der Waals surface area contributed by atoms with Gasteiger partial charge in [0.2, 0.25) is 0 Å². The maximum absolute atomic E-state index is 12.9. The third kappa shape index (κ3) is 56.6. The largest absolute Gasteiger partial charge is 0.462 e. The maximum atomic E-state index is 12.9. The molecule has 6 heteroatoms. The summed E-state index contributed by atoms with van der Waals surface area (Å²) >= 11 is 0. The first-order valence-electron chi connectivity index (χ1n) is 29.0. The third-order valence-electron chi connectivity index (χ3n) is 11.9. The SMILES string of the molecule is CC/C=C\C/C=C\C/C=C\C/C=C\C/C=C\CCC(=O)OCC(COC(=O)CCCCCCCC/C=C\C/C=C\C/C=C\C/C=C\CC)OC(=O)CCCCCCC/C=C\CCCCCCCCCCC. The number of carbonyl (C=O) groups excluding carboxylic acids is 3. The molecule has 0 fully saturated rings. The Labute approximate surface area is 437 Å². The smallest absolute Gasteiger partial charge is 0.306 e. The van der Waals surface area contributed by atoms with Crippen LogP contribution in [0.15, 0.2) is 122 Å². The van der Waals surface area contributed by atoms with Crippen molar-refractivity contribution >= 4 is 17.9 Å². The van der Waals surface area contributed by atoms with Crippen LogP contribution in [-0.2, 0) is 28.6 Å². The first kappa shape index (κ1) is 66.8. The molecule has 1 unspecified atom stereocenters. The minimum atomic E-state index is -0.823. The van der Waals surface area contributed by atoms with Gasteiger partial charge in [-0.25, -0.2) is 0 Å². The van der Waals surface area contributed by atoms with Crippen LogP contribution in [0, 0.1) is 0 Å². The van der Waals surface area contributed by atoms with Crippen LogP contribution in [0.2, 0.25) is 0 Å². The van der Waals surface area contributed by atoms with Crippen LogP contribution in [-0.4, -0.2) is 37.2 Å². The van der Waals surface area contributed by atoms with E-state index in [4.69, 9.17) is 14.2 Å². The van der Waals surface area contributed by atoms with Gasteiger partial charge in [-0.2, -0.15) is 0 Å². The molecule has 0 aromatic heterocycles. The monoisotopic (exact) mass is 983 g/mol. The van der Waals surface area contributed by atoms with Crippen molar-refractivity contribution in [1.29, 1.82) is 0 Å². The summed E-state index contributed by atoms with van der Waals surface area (Å²) in [4.78, 5) is 38.2. The van der Waals surface area contributed by atoms with Crippen molar-refractivity contribution in [3.8, 4) is 0 Å². The Morgan fingerprint density at radius 2 is 0.577 bits per heavy atom. The Kier molecular flexibility index (Phi) is 54.9. The van der Waals surface area contributed by atoms with Gasteiger partial charge < -0.3 is 14.2 Å². The molecular formula is C65H106O6. The van der Waals surface area contributed by atoms with Crippen molar-refractivity contribution in [2.45, 2.75) is 258 Å². The van der Waals surface area contributed by atoms with Crippen LogP contribution in [0.3, 0.4) is 0 Å². The van der Waals surface area contributed by atoms with Gasteiger partial charge in [0, 0.05) is 19.3 Å². The van der Waals surface area contributed by atoms with Crippen molar-refractivity contribution in [2.24, 2.45) is 0 Å². The molecule has 0 heterocycles. The van der Waals surface area contributed by atoms with Crippen molar-refractivity contribution in [2.75, 3.05) is 13.2 Å². The maximum Gasteiger partial charge on any atom is 0.306 e. The highest BCUT2D eigenvalue weighted by Crippen LogP contribution is 2.14. The lowest BCUT2D eigenvalue weighted by Crippen LogP contribution is -2.30. The van der Waals surface area contributed by atoms with Crippen LogP contribution in [0.25, 0.3) is 0 Å². The first-order valence-corrected chi connectivity index (χ1v) is 29.0. The average Bonchev–Trinajstić information content (AvgIpc) is 3.37. The van der Waals surface area contributed by atoms with Crippen molar-refractivity contribution in [3.05, 3.63) is 122 Å². The highest BCUT2D eigenvalue weighted by Gasteiger charge is 2.19. The second kappa shape index (κ2) is 58.4. The summed E-state index contributed by atoms with van der Waals surface area (Å²) in [5.41, 5.74) is 0. The molecular weight excluding hydrogens is 877 g/mol. The number of esters is 3. The lowest BCUT2D eigenvalue weighted by molar-refractivity contribution is -0.166. The Hall–Kier alpha value is -4.19. The van der Waals surface area contributed by atoms with E-state index in [0.717, 1.165) is 122 Å². The van der Waals surface area contributed by atoms with E-state index in [9.17, 15) is 14.4 Å². The second-order valence-electron chi connectivity index (χ2n) is 18.8. The Morgan fingerprint density at radius 3 is 0.958 bits per heavy atom. The van der Waals surface area contributed by atoms with E-state index in [1.165, 1.54) is 83.5 Å². The number of carbonyl (C=O) groups is 3. The topological polar surface area (TPSA) is 78.9 Å². The molecule has 0 N–H and O–H groups in total. The molecule has 0 spiro atoms. The molecule has 71 heavy (non-hydrogen) atoms. The molecule has 402 valence electrons. The Balaban J connectivity index is 4.52. The first-order chi connectivity index (χ1) is 35.0. The molecule has 0 saturated heterocycles. The zero-order valence-electron chi connectivity index (χ0n) is 45.9. The lowest BCUT2D eigenvalue weighted by Gasteiger charge is -2.18. The minimum absolute atomic E-state index is 0.115. The number of allylic oxidation sites excluding steroid dienone is 20. The van der Waals surface area contributed by atoms with E-state index in [0.29, 0.717) is 19.3 Å². The van der Waals surface area contributed by atoms with E-state index in [1.807, 2.05) is 6.08 Å². The van der Waals surface area contributed by atoms with Crippen LogP contribution < -0.4 is 0 Å². The Bertz CT molecular complexity index is 1500. The normalized spacial score (nSPS) is 13.0. The summed E-state index contributed by atoms with van der Waals surface area (Å²) < 4.78 is 16.8. The van der Waals surface area contributed by atoms with Gasteiger partial charge >= 0.3 is 17.9 Å². The predicted molar refractivity (Wildman–Crippen MR) is 306 cm³/mol. The Morgan fingerprint density at radius 1 is 0.296 bits per heavy atom. The molecule has 0 bridgehead atoms. The number of rotatable bonds is 51. The van der Waals surface area contributed by atoms with Gasteiger partial charge in [-0.15, -0.1) is 0 Å². The van der Waals surface area contributed by atoms with Crippen LogP contribution >= 0.6 is 0 Å². The van der Waals surface area contributed by atoms with Gasteiger partial charge in [0.1, 0.15) is 13.2 Å². The molecule has 0 aliphatic carbocycles. The van der Waals surface area contributed by atoms with Gasteiger partial charge in [-0.05, 0) is 116 Å². The number of ether oxygens (including phenoxy) is 3. The zero-order valence-corrected chi connectivity index (χ0v) is 45.9. The fraction of sp³-hybridized carbons (Fsp3) is 0.646. The minimum Gasteiger partial charge on any atom is -0.462 e. The number of unbranched alkanes of at least 4 members (excludes halogenated alkanes) is 20. The fourth-order valence-corrected chi connectivity index (χ4v) is 7.65. The molecule has 0 aromatic carbocycles. The summed E-state index contributed by atoms with van der Waals surface area (Å²) in [5.74, 6) is -1.02.